The Hall–Kier alpha value is -1.41. The Morgan fingerprint density at radius 1 is 1.11 bits per heavy atom. The molecule has 0 heterocycles. The molecule has 2 aromatic carbocycles. The number of rotatable bonds is 9. The van der Waals surface area contributed by atoms with E-state index in [-0.39, 0.29) is 23.2 Å². The number of amides is 1. The smallest absolute Gasteiger partial charge is 0.240 e. The van der Waals surface area contributed by atoms with Crippen LogP contribution < -0.4 is 9.62 Å². The topological polar surface area (TPSA) is 66.5 Å². The molecule has 0 radical (unpaired) electrons. The van der Waals surface area contributed by atoms with Crippen molar-refractivity contribution in [1.82, 2.24) is 5.32 Å². The fourth-order valence-corrected chi connectivity index (χ4v) is 4.36. The molecule has 0 aliphatic heterocycles. The highest BCUT2D eigenvalue weighted by Crippen LogP contribution is 2.26. The Morgan fingerprint density at radius 2 is 1.78 bits per heavy atom. The first kappa shape index (κ1) is 21.9. The summed E-state index contributed by atoms with van der Waals surface area (Å²) < 4.78 is 25.1. The number of anilines is 1. The molecule has 1 N–H and O–H groups in total. The van der Waals surface area contributed by atoms with E-state index in [2.05, 4.69) is 5.32 Å². The number of halogens is 2. The molecule has 2 rings (SSSR count). The Kier molecular flexibility index (Phi) is 8.28. The number of thioether (sulfide) groups is 1. The maximum atomic E-state index is 12.2. The van der Waals surface area contributed by atoms with Crippen molar-refractivity contribution < 1.29 is 13.2 Å². The van der Waals surface area contributed by atoms with Crippen LogP contribution in [0.3, 0.4) is 0 Å². The van der Waals surface area contributed by atoms with Crippen molar-refractivity contribution in [3.05, 3.63) is 64.1 Å². The summed E-state index contributed by atoms with van der Waals surface area (Å²) in [6.45, 7) is 0.127. The number of nitrogens with one attached hydrogen (secondary N) is 1. The van der Waals surface area contributed by atoms with Crippen LogP contribution in [0.4, 0.5) is 5.69 Å². The lowest BCUT2D eigenvalue weighted by Gasteiger charge is -2.22. The van der Waals surface area contributed by atoms with Gasteiger partial charge in [-0.05, 0) is 29.8 Å². The Balaban J connectivity index is 1.82. The molecule has 2 aromatic rings. The Morgan fingerprint density at radius 3 is 2.41 bits per heavy atom. The summed E-state index contributed by atoms with van der Waals surface area (Å²) >= 11 is 13.6. The highest BCUT2D eigenvalue weighted by molar-refractivity contribution is 7.98. The van der Waals surface area contributed by atoms with Gasteiger partial charge < -0.3 is 5.32 Å². The summed E-state index contributed by atoms with van der Waals surface area (Å²) in [6.07, 6.45) is 1.05. The molecule has 0 saturated heterocycles. The second-order valence-electron chi connectivity index (χ2n) is 5.75. The van der Waals surface area contributed by atoms with Crippen molar-refractivity contribution in [2.75, 3.05) is 29.4 Å². The lowest BCUT2D eigenvalue weighted by Crippen LogP contribution is -2.41. The fraction of sp³-hybridized carbons (Fsp3) is 0.278. The highest BCUT2D eigenvalue weighted by Gasteiger charge is 2.22. The molecule has 0 saturated carbocycles. The number of para-hydroxylation sites is 1. The Bertz CT molecular complexity index is 874. The molecule has 0 bridgehead atoms. The van der Waals surface area contributed by atoms with Gasteiger partial charge >= 0.3 is 0 Å². The van der Waals surface area contributed by atoms with Crippen LogP contribution in [0.5, 0.6) is 0 Å². The van der Waals surface area contributed by atoms with Crippen molar-refractivity contribution in [1.29, 1.82) is 0 Å². The van der Waals surface area contributed by atoms with Gasteiger partial charge in [-0.1, -0.05) is 47.5 Å². The molecular formula is C18H20Cl2N2O3S2. The molecule has 0 aromatic heterocycles. The van der Waals surface area contributed by atoms with Gasteiger partial charge in [0.05, 0.1) is 17.0 Å². The standard InChI is InChI=1S/C18H20Cl2N2O3S2/c1-27(24,25)22(17-5-3-2-4-16(17)20)12-18(23)21-10-11-26-13-14-6-8-15(19)9-7-14/h2-9H,10-13H2,1H3,(H,21,23). The SMILES string of the molecule is CS(=O)(=O)N(CC(=O)NCCSCc1ccc(Cl)cc1)c1ccccc1Cl. The van der Waals surface area contributed by atoms with Crippen LogP contribution in [0.25, 0.3) is 0 Å². The summed E-state index contributed by atoms with van der Waals surface area (Å²) in [4.78, 5) is 12.2. The van der Waals surface area contributed by atoms with Crippen LogP contribution in [-0.4, -0.2) is 39.4 Å². The summed E-state index contributed by atoms with van der Waals surface area (Å²) in [5.74, 6) is 1.13. The van der Waals surface area contributed by atoms with E-state index >= 15 is 0 Å². The van der Waals surface area contributed by atoms with Crippen molar-refractivity contribution in [2.24, 2.45) is 0 Å². The van der Waals surface area contributed by atoms with Crippen molar-refractivity contribution in [3.8, 4) is 0 Å². The second-order valence-corrected chi connectivity index (χ2v) is 9.61. The molecule has 1 amide bonds. The van der Waals surface area contributed by atoms with Gasteiger partial charge in [0.1, 0.15) is 6.54 Å². The summed E-state index contributed by atoms with van der Waals surface area (Å²) in [6, 6.07) is 14.1. The molecule has 0 aliphatic carbocycles. The number of hydrogen-bond donors (Lipinski definition) is 1. The van der Waals surface area contributed by atoms with Crippen LogP contribution in [0, 0.1) is 0 Å². The van der Waals surface area contributed by atoms with Gasteiger partial charge in [0.2, 0.25) is 15.9 Å². The van der Waals surface area contributed by atoms with E-state index in [9.17, 15) is 13.2 Å². The average Bonchev–Trinajstić information content (AvgIpc) is 2.61. The predicted molar refractivity (Wildman–Crippen MR) is 114 cm³/mol. The zero-order chi connectivity index (χ0) is 19.9. The van der Waals surface area contributed by atoms with Gasteiger partial charge in [-0.15, -0.1) is 0 Å². The van der Waals surface area contributed by atoms with E-state index in [0.29, 0.717) is 17.3 Å². The zero-order valence-electron chi connectivity index (χ0n) is 14.7. The van der Waals surface area contributed by atoms with E-state index in [1.165, 1.54) is 0 Å². The maximum absolute atomic E-state index is 12.2. The monoisotopic (exact) mass is 446 g/mol. The van der Waals surface area contributed by atoms with E-state index in [0.717, 1.165) is 21.9 Å². The third-order valence-corrected chi connectivity index (χ3v) is 6.29. The molecule has 27 heavy (non-hydrogen) atoms. The predicted octanol–water partition coefficient (Wildman–Crippen LogP) is 3.81. The summed E-state index contributed by atoms with van der Waals surface area (Å²) in [5.41, 5.74) is 1.44. The number of carbonyl (C=O) groups is 1. The van der Waals surface area contributed by atoms with Crippen LogP contribution in [0.2, 0.25) is 10.0 Å². The minimum Gasteiger partial charge on any atom is -0.354 e. The van der Waals surface area contributed by atoms with Crippen molar-refractivity contribution >= 4 is 56.6 Å². The fourth-order valence-electron chi connectivity index (χ4n) is 2.25. The highest BCUT2D eigenvalue weighted by atomic mass is 35.5. The quantitative estimate of drug-likeness (QED) is 0.594. The van der Waals surface area contributed by atoms with E-state index in [1.54, 1.807) is 36.0 Å². The molecule has 0 fully saturated rings. The number of sulfonamides is 1. The molecule has 5 nitrogen and oxygen atoms in total. The normalized spacial score (nSPS) is 11.2. The van der Waals surface area contributed by atoms with Crippen LogP contribution >= 0.6 is 35.0 Å². The first-order valence-electron chi connectivity index (χ1n) is 8.08. The molecule has 0 spiro atoms. The maximum Gasteiger partial charge on any atom is 0.240 e. The van der Waals surface area contributed by atoms with Crippen LogP contribution in [0.15, 0.2) is 48.5 Å². The van der Waals surface area contributed by atoms with E-state index in [4.69, 9.17) is 23.2 Å². The average molecular weight is 447 g/mol. The minimum absolute atomic E-state index is 0.272. The van der Waals surface area contributed by atoms with Gasteiger partial charge in [-0.25, -0.2) is 8.42 Å². The van der Waals surface area contributed by atoms with Crippen molar-refractivity contribution in [2.45, 2.75) is 5.75 Å². The number of carbonyl (C=O) groups excluding carboxylic acids is 1. The minimum atomic E-state index is -3.64. The molecule has 0 unspecified atom stereocenters. The first-order valence-corrected chi connectivity index (χ1v) is 11.8. The van der Waals surface area contributed by atoms with E-state index in [1.807, 2.05) is 24.3 Å². The van der Waals surface area contributed by atoms with Crippen LogP contribution in [-0.2, 0) is 20.6 Å². The van der Waals surface area contributed by atoms with Gasteiger partial charge in [0.15, 0.2) is 0 Å². The first-order chi connectivity index (χ1) is 12.8. The second kappa shape index (κ2) is 10.2. The zero-order valence-corrected chi connectivity index (χ0v) is 17.8. The van der Waals surface area contributed by atoms with Gasteiger partial charge in [0.25, 0.3) is 0 Å². The van der Waals surface area contributed by atoms with Crippen LogP contribution in [0.1, 0.15) is 5.56 Å². The lowest BCUT2D eigenvalue weighted by molar-refractivity contribution is -0.119. The third kappa shape index (κ3) is 7.25. The molecule has 0 aliphatic rings. The van der Waals surface area contributed by atoms with Gasteiger partial charge in [-0.2, -0.15) is 11.8 Å². The van der Waals surface area contributed by atoms with Crippen molar-refractivity contribution in [3.63, 3.8) is 0 Å². The molecule has 9 heteroatoms. The molecule has 146 valence electrons. The summed E-state index contributed by atoms with van der Waals surface area (Å²) in [5, 5.41) is 3.71. The third-order valence-electron chi connectivity index (χ3n) is 3.56. The number of hydrogen-bond acceptors (Lipinski definition) is 4. The summed E-state index contributed by atoms with van der Waals surface area (Å²) in [7, 11) is -3.64. The number of nitrogens with zero attached hydrogens (tertiary/aromatic N) is 1. The molecular weight excluding hydrogens is 427 g/mol. The van der Waals surface area contributed by atoms with E-state index < -0.39 is 10.0 Å². The lowest BCUT2D eigenvalue weighted by atomic mass is 10.2. The molecule has 0 atom stereocenters. The van der Waals surface area contributed by atoms with Gasteiger partial charge in [0, 0.05) is 23.1 Å². The number of benzene rings is 2. The van der Waals surface area contributed by atoms with Gasteiger partial charge in [-0.3, -0.25) is 9.10 Å². The Labute approximate surface area is 174 Å². The largest absolute Gasteiger partial charge is 0.354 e.